The molecule has 0 aliphatic rings. The maximum absolute atomic E-state index is 12.4. The van der Waals surface area contributed by atoms with Crippen molar-refractivity contribution in [1.29, 1.82) is 0 Å². The normalized spacial score (nSPS) is 11.6. The highest BCUT2D eigenvalue weighted by molar-refractivity contribution is 5.99. The number of urea groups is 1. The van der Waals surface area contributed by atoms with Gasteiger partial charge in [0.25, 0.3) is 0 Å². The summed E-state index contributed by atoms with van der Waals surface area (Å²) in [6.45, 7) is 3.77. The lowest BCUT2D eigenvalue weighted by Crippen LogP contribution is -2.48. The van der Waals surface area contributed by atoms with E-state index in [4.69, 9.17) is 0 Å². The van der Waals surface area contributed by atoms with E-state index in [1.807, 2.05) is 50.2 Å². The maximum Gasteiger partial charge on any atom is 0.319 e. The van der Waals surface area contributed by atoms with E-state index in [9.17, 15) is 9.59 Å². The lowest BCUT2D eigenvalue weighted by Gasteiger charge is -2.22. The van der Waals surface area contributed by atoms with Crippen molar-refractivity contribution in [2.75, 3.05) is 10.6 Å². The Bertz CT molecular complexity index is 642. The SMILES string of the molecule is CC(C)[C@H](NC(=O)Nc1ccccc1)C(=O)Nc1ccccc1. The average Bonchev–Trinajstić information content (AvgIpc) is 2.54. The predicted molar refractivity (Wildman–Crippen MR) is 92.3 cm³/mol. The van der Waals surface area contributed by atoms with Crippen molar-refractivity contribution in [3.8, 4) is 0 Å². The van der Waals surface area contributed by atoms with E-state index in [2.05, 4.69) is 16.0 Å². The molecule has 0 spiro atoms. The van der Waals surface area contributed by atoms with Crippen molar-refractivity contribution in [2.24, 2.45) is 5.92 Å². The number of nitrogens with one attached hydrogen (secondary N) is 3. The standard InChI is InChI=1S/C18H21N3O2/c1-13(2)16(17(22)19-14-9-5-3-6-10-14)21-18(23)20-15-11-7-4-8-12-15/h3-13,16H,1-2H3,(H,19,22)(H2,20,21,23)/t16-/m0/s1. The molecule has 3 amide bonds. The molecule has 0 saturated carbocycles. The minimum atomic E-state index is -0.626. The molecule has 0 aromatic heterocycles. The molecule has 0 aliphatic heterocycles. The van der Waals surface area contributed by atoms with Gasteiger partial charge in [-0.3, -0.25) is 4.79 Å². The summed E-state index contributed by atoms with van der Waals surface area (Å²) in [5.41, 5.74) is 1.38. The van der Waals surface area contributed by atoms with E-state index in [0.29, 0.717) is 11.4 Å². The van der Waals surface area contributed by atoms with Gasteiger partial charge in [0.15, 0.2) is 0 Å². The maximum atomic E-state index is 12.4. The first-order valence-corrected chi connectivity index (χ1v) is 7.54. The Kier molecular flexibility index (Phi) is 5.74. The van der Waals surface area contributed by atoms with E-state index in [0.717, 1.165) is 0 Å². The summed E-state index contributed by atoms with van der Waals surface area (Å²) in [5.74, 6) is -0.283. The molecule has 0 radical (unpaired) electrons. The van der Waals surface area contributed by atoms with Crippen LogP contribution in [0.25, 0.3) is 0 Å². The topological polar surface area (TPSA) is 70.2 Å². The molecule has 0 fully saturated rings. The zero-order valence-electron chi connectivity index (χ0n) is 13.2. The Morgan fingerprint density at radius 3 is 1.74 bits per heavy atom. The highest BCUT2D eigenvalue weighted by atomic mass is 16.2. The molecule has 0 aliphatic carbocycles. The number of carbonyl (C=O) groups is 2. The summed E-state index contributed by atoms with van der Waals surface area (Å²) in [5, 5.41) is 8.25. The molecule has 1 atom stereocenters. The number of para-hydroxylation sites is 2. The third-order valence-corrected chi connectivity index (χ3v) is 3.31. The van der Waals surface area contributed by atoms with Crippen LogP contribution in [-0.4, -0.2) is 18.0 Å². The molecule has 23 heavy (non-hydrogen) atoms. The van der Waals surface area contributed by atoms with E-state index in [-0.39, 0.29) is 11.8 Å². The number of rotatable bonds is 5. The molecule has 120 valence electrons. The number of carbonyl (C=O) groups excluding carboxylic acids is 2. The van der Waals surface area contributed by atoms with Crippen molar-refractivity contribution in [1.82, 2.24) is 5.32 Å². The smallest absolute Gasteiger partial charge is 0.319 e. The van der Waals surface area contributed by atoms with Crippen LogP contribution in [0.2, 0.25) is 0 Å². The molecule has 5 heteroatoms. The molecule has 5 nitrogen and oxygen atoms in total. The molecular formula is C18H21N3O2. The van der Waals surface area contributed by atoms with Gasteiger partial charge in [-0.2, -0.15) is 0 Å². The van der Waals surface area contributed by atoms with Gasteiger partial charge in [0, 0.05) is 11.4 Å². The van der Waals surface area contributed by atoms with Gasteiger partial charge in [-0.05, 0) is 30.2 Å². The molecule has 2 aromatic rings. The lowest BCUT2D eigenvalue weighted by atomic mass is 10.0. The van der Waals surface area contributed by atoms with Crippen LogP contribution in [0.1, 0.15) is 13.8 Å². The summed E-state index contributed by atoms with van der Waals surface area (Å²) >= 11 is 0. The third-order valence-electron chi connectivity index (χ3n) is 3.31. The summed E-state index contributed by atoms with van der Waals surface area (Å²) < 4.78 is 0. The Morgan fingerprint density at radius 2 is 1.26 bits per heavy atom. The Labute approximate surface area is 136 Å². The average molecular weight is 311 g/mol. The minimum absolute atomic E-state index is 0.0414. The summed E-state index contributed by atoms with van der Waals surface area (Å²) in [6, 6.07) is 17.2. The number of anilines is 2. The Balaban J connectivity index is 1.98. The van der Waals surface area contributed by atoms with Crippen LogP contribution in [0.15, 0.2) is 60.7 Å². The first kappa shape index (κ1) is 16.5. The summed E-state index contributed by atoms with van der Waals surface area (Å²) in [6.07, 6.45) is 0. The second-order valence-corrected chi connectivity index (χ2v) is 5.54. The van der Waals surface area contributed by atoms with Crippen LogP contribution in [0.5, 0.6) is 0 Å². The Hall–Kier alpha value is -2.82. The quantitative estimate of drug-likeness (QED) is 0.791. The van der Waals surface area contributed by atoms with Crippen LogP contribution in [0.4, 0.5) is 16.2 Å². The van der Waals surface area contributed by atoms with Crippen molar-refractivity contribution in [2.45, 2.75) is 19.9 Å². The highest BCUT2D eigenvalue weighted by Gasteiger charge is 2.24. The van der Waals surface area contributed by atoms with Gasteiger partial charge in [-0.1, -0.05) is 50.2 Å². The first-order chi connectivity index (χ1) is 11.1. The lowest BCUT2D eigenvalue weighted by molar-refractivity contribution is -0.118. The van der Waals surface area contributed by atoms with E-state index >= 15 is 0 Å². The number of benzene rings is 2. The fourth-order valence-electron chi connectivity index (χ4n) is 2.11. The molecule has 0 heterocycles. The second-order valence-electron chi connectivity index (χ2n) is 5.54. The van der Waals surface area contributed by atoms with Gasteiger partial charge in [0.1, 0.15) is 6.04 Å². The number of amides is 3. The molecule has 0 unspecified atom stereocenters. The van der Waals surface area contributed by atoms with Crippen LogP contribution >= 0.6 is 0 Å². The minimum Gasteiger partial charge on any atom is -0.326 e. The van der Waals surface area contributed by atoms with Gasteiger partial charge >= 0.3 is 6.03 Å². The van der Waals surface area contributed by atoms with Crippen molar-refractivity contribution in [3.05, 3.63) is 60.7 Å². The largest absolute Gasteiger partial charge is 0.326 e. The monoisotopic (exact) mass is 311 g/mol. The molecule has 0 bridgehead atoms. The number of hydrogen-bond donors (Lipinski definition) is 3. The van der Waals surface area contributed by atoms with Crippen LogP contribution in [0, 0.1) is 5.92 Å². The van der Waals surface area contributed by atoms with E-state index in [1.54, 1.807) is 24.3 Å². The van der Waals surface area contributed by atoms with Crippen LogP contribution in [0.3, 0.4) is 0 Å². The summed E-state index contributed by atoms with van der Waals surface area (Å²) in [7, 11) is 0. The van der Waals surface area contributed by atoms with E-state index < -0.39 is 12.1 Å². The molecule has 0 saturated heterocycles. The van der Waals surface area contributed by atoms with Gasteiger partial charge in [-0.25, -0.2) is 4.79 Å². The van der Waals surface area contributed by atoms with Crippen molar-refractivity contribution >= 4 is 23.3 Å². The van der Waals surface area contributed by atoms with Crippen molar-refractivity contribution in [3.63, 3.8) is 0 Å². The van der Waals surface area contributed by atoms with Crippen LogP contribution in [-0.2, 0) is 4.79 Å². The summed E-state index contributed by atoms with van der Waals surface area (Å²) in [4.78, 5) is 24.5. The zero-order chi connectivity index (χ0) is 16.7. The molecular weight excluding hydrogens is 290 g/mol. The fraction of sp³-hybridized carbons (Fsp3) is 0.222. The van der Waals surface area contributed by atoms with Crippen molar-refractivity contribution < 1.29 is 9.59 Å². The van der Waals surface area contributed by atoms with Gasteiger partial charge in [-0.15, -0.1) is 0 Å². The Morgan fingerprint density at radius 1 is 0.783 bits per heavy atom. The van der Waals surface area contributed by atoms with Crippen LogP contribution < -0.4 is 16.0 Å². The van der Waals surface area contributed by atoms with Gasteiger partial charge in [0.2, 0.25) is 5.91 Å². The molecule has 2 aromatic carbocycles. The fourth-order valence-corrected chi connectivity index (χ4v) is 2.11. The first-order valence-electron chi connectivity index (χ1n) is 7.54. The zero-order valence-corrected chi connectivity index (χ0v) is 13.2. The second kappa shape index (κ2) is 7.98. The highest BCUT2D eigenvalue weighted by Crippen LogP contribution is 2.10. The van der Waals surface area contributed by atoms with E-state index in [1.165, 1.54) is 0 Å². The molecule has 2 rings (SSSR count). The number of hydrogen-bond acceptors (Lipinski definition) is 2. The third kappa shape index (κ3) is 5.14. The molecule has 3 N–H and O–H groups in total. The predicted octanol–water partition coefficient (Wildman–Crippen LogP) is 3.47. The van der Waals surface area contributed by atoms with Gasteiger partial charge < -0.3 is 16.0 Å². The van der Waals surface area contributed by atoms with Gasteiger partial charge in [0.05, 0.1) is 0 Å².